The van der Waals surface area contributed by atoms with E-state index in [0.29, 0.717) is 11.3 Å². The maximum absolute atomic E-state index is 12.3. The summed E-state index contributed by atoms with van der Waals surface area (Å²) in [5, 5.41) is 11.7. The highest BCUT2D eigenvalue weighted by atomic mass is 16.5. The standard InChI is InChI=1S/C16H15NO4/c1-10-6-5-8-12(14(10)21-2)15(18)17-13-9-4-3-7-11(13)16(19)20/h3-9H,1-2H3,(H,17,18)(H,19,20). The Morgan fingerprint density at radius 1 is 1.05 bits per heavy atom. The van der Waals surface area contributed by atoms with E-state index in [1.165, 1.54) is 13.2 Å². The second-order valence-corrected chi connectivity index (χ2v) is 4.46. The van der Waals surface area contributed by atoms with Gasteiger partial charge in [0.05, 0.1) is 23.9 Å². The van der Waals surface area contributed by atoms with Crippen LogP contribution in [0.5, 0.6) is 5.75 Å². The molecular formula is C16H15NO4. The van der Waals surface area contributed by atoms with Crippen molar-refractivity contribution >= 4 is 17.6 Å². The van der Waals surface area contributed by atoms with E-state index in [1.54, 1.807) is 30.3 Å². The number of carbonyl (C=O) groups excluding carboxylic acids is 1. The first kappa shape index (κ1) is 14.6. The van der Waals surface area contributed by atoms with E-state index in [1.807, 2.05) is 13.0 Å². The van der Waals surface area contributed by atoms with Crippen molar-refractivity contribution in [3.8, 4) is 5.75 Å². The Hall–Kier alpha value is -2.82. The number of amides is 1. The molecule has 0 aliphatic carbocycles. The van der Waals surface area contributed by atoms with E-state index in [4.69, 9.17) is 9.84 Å². The number of aryl methyl sites for hydroxylation is 1. The van der Waals surface area contributed by atoms with Crippen LogP contribution in [0, 0.1) is 6.92 Å². The zero-order valence-electron chi connectivity index (χ0n) is 11.7. The van der Waals surface area contributed by atoms with E-state index in [-0.39, 0.29) is 11.3 Å². The molecule has 0 aromatic heterocycles. The van der Waals surface area contributed by atoms with Crippen molar-refractivity contribution in [3.63, 3.8) is 0 Å². The van der Waals surface area contributed by atoms with Gasteiger partial charge in [-0.2, -0.15) is 0 Å². The minimum Gasteiger partial charge on any atom is -0.496 e. The van der Waals surface area contributed by atoms with Crippen LogP contribution in [0.3, 0.4) is 0 Å². The van der Waals surface area contributed by atoms with E-state index in [0.717, 1.165) is 5.56 Å². The Bertz CT molecular complexity index is 694. The van der Waals surface area contributed by atoms with Gasteiger partial charge in [-0.05, 0) is 30.7 Å². The van der Waals surface area contributed by atoms with Crippen LogP contribution < -0.4 is 10.1 Å². The predicted octanol–water partition coefficient (Wildman–Crippen LogP) is 2.95. The molecule has 2 aromatic carbocycles. The van der Waals surface area contributed by atoms with Crippen LogP contribution in [0.2, 0.25) is 0 Å². The fourth-order valence-electron chi connectivity index (χ4n) is 2.07. The highest BCUT2D eigenvalue weighted by molar-refractivity contribution is 6.09. The number of methoxy groups -OCH3 is 1. The van der Waals surface area contributed by atoms with Crippen molar-refractivity contribution in [3.05, 3.63) is 59.2 Å². The maximum Gasteiger partial charge on any atom is 0.337 e. The number of carbonyl (C=O) groups is 2. The van der Waals surface area contributed by atoms with Gasteiger partial charge < -0.3 is 15.2 Å². The molecule has 0 aliphatic heterocycles. The summed E-state index contributed by atoms with van der Waals surface area (Å²) in [6.07, 6.45) is 0. The molecule has 1 amide bonds. The van der Waals surface area contributed by atoms with E-state index in [9.17, 15) is 9.59 Å². The minimum atomic E-state index is -1.10. The first-order valence-corrected chi connectivity index (χ1v) is 6.32. The molecule has 5 nitrogen and oxygen atoms in total. The van der Waals surface area contributed by atoms with Gasteiger partial charge in [-0.1, -0.05) is 24.3 Å². The third-order valence-electron chi connectivity index (χ3n) is 3.07. The second kappa shape index (κ2) is 6.09. The molecule has 0 fully saturated rings. The average molecular weight is 285 g/mol. The predicted molar refractivity (Wildman–Crippen MR) is 79.1 cm³/mol. The third kappa shape index (κ3) is 3.02. The lowest BCUT2D eigenvalue weighted by molar-refractivity contribution is 0.0698. The highest BCUT2D eigenvalue weighted by Gasteiger charge is 2.16. The topological polar surface area (TPSA) is 75.6 Å². The van der Waals surface area contributed by atoms with Gasteiger partial charge in [-0.3, -0.25) is 4.79 Å². The van der Waals surface area contributed by atoms with Crippen LogP contribution in [-0.4, -0.2) is 24.1 Å². The minimum absolute atomic E-state index is 0.0393. The van der Waals surface area contributed by atoms with Crippen molar-refractivity contribution in [1.29, 1.82) is 0 Å². The summed E-state index contributed by atoms with van der Waals surface area (Å²) in [5.74, 6) is -1.03. The number of hydrogen-bond acceptors (Lipinski definition) is 3. The molecule has 0 unspecified atom stereocenters. The molecular weight excluding hydrogens is 270 g/mol. The van der Waals surface area contributed by atoms with E-state index in [2.05, 4.69) is 5.32 Å². The molecule has 0 heterocycles. The monoisotopic (exact) mass is 285 g/mol. The fraction of sp³-hybridized carbons (Fsp3) is 0.125. The lowest BCUT2D eigenvalue weighted by atomic mass is 10.1. The number of hydrogen-bond donors (Lipinski definition) is 2. The fourth-order valence-corrected chi connectivity index (χ4v) is 2.07. The number of ether oxygens (including phenoxy) is 1. The average Bonchev–Trinajstić information content (AvgIpc) is 2.47. The van der Waals surface area contributed by atoms with Crippen molar-refractivity contribution in [2.45, 2.75) is 6.92 Å². The Morgan fingerprint density at radius 2 is 1.71 bits per heavy atom. The van der Waals surface area contributed by atoms with E-state index >= 15 is 0 Å². The zero-order valence-corrected chi connectivity index (χ0v) is 11.7. The summed E-state index contributed by atoms with van der Waals surface area (Å²) in [6.45, 7) is 1.83. The highest BCUT2D eigenvalue weighted by Crippen LogP contribution is 2.24. The molecule has 0 atom stereocenters. The van der Waals surface area contributed by atoms with Crippen molar-refractivity contribution in [2.24, 2.45) is 0 Å². The summed E-state index contributed by atoms with van der Waals surface area (Å²) < 4.78 is 5.24. The van der Waals surface area contributed by atoms with Crippen LogP contribution in [0.25, 0.3) is 0 Å². The van der Waals surface area contributed by atoms with Gasteiger partial charge in [0.2, 0.25) is 0 Å². The molecule has 5 heteroatoms. The number of para-hydroxylation sites is 2. The van der Waals surface area contributed by atoms with Crippen LogP contribution in [-0.2, 0) is 0 Å². The van der Waals surface area contributed by atoms with Gasteiger partial charge in [0, 0.05) is 0 Å². The van der Waals surface area contributed by atoms with E-state index < -0.39 is 11.9 Å². The van der Waals surface area contributed by atoms with Crippen molar-refractivity contribution < 1.29 is 19.4 Å². The normalized spacial score (nSPS) is 10.0. The molecule has 108 valence electrons. The SMILES string of the molecule is COc1c(C)cccc1C(=O)Nc1ccccc1C(=O)O. The smallest absolute Gasteiger partial charge is 0.337 e. The summed E-state index contributed by atoms with van der Waals surface area (Å²) >= 11 is 0. The molecule has 0 radical (unpaired) electrons. The molecule has 2 N–H and O–H groups in total. The lowest BCUT2D eigenvalue weighted by Crippen LogP contribution is -2.16. The number of aromatic carboxylic acids is 1. The molecule has 0 saturated carbocycles. The quantitative estimate of drug-likeness (QED) is 0.905. The maximum atomic E-state index is 12.3. The summed E-state index contributed by atoms with van der Waals surface area (Å²) in [6, 6.07) is 11.5. The summed E-state index contributed by atoms with van der Waals surface area (Å²) in [5.41, 5.74) is 1.48. The number of anilines is 1. The first-order valence-electron chi connectivity index (χ1n) is 6.32. The van der Waals surface area contributed by atoms with Gasteiger partial charge in [-0.15, -0.1) is 0 Å². The van der Waals surface area contributed by atoms with Crippen LogP contribution in [0.4, 0.5) is 5.69 Å². The molecule has 0 aliphatic rings. The summed E-state index contributed by atoms with van der Waals surface area (Å²) in [7, 11) is 1.49. The van der Waals surface area contributed by atoms with Gasteiger partial charge >= 0.3 is 5.97 Å². The molecule has 2 rings (SSSR count). The molecule has 0 bridgehead atoms. The lowest BCUT2D eigenvalue weighted by Gasteiger charge is -2.12. The molecule has 2 aromatic rings. The van der Waals surface area contributed by atoms with Gasteiger partial charge in [0.1, 0.15) is 5.75 Å². The largest absolute Gasteiger partial charge is 0.496 e. The molecule has 21 heavy (non-hydrogen) atoms. The second-order valence-electron chi connectivity index (χ2n) is 4.46. The van der Waals surface area contributed by atoms with Gasteiger partial charge in [-0.25, -0.2) is 4.79 Å². The number of carboxylic acid groups (broad SMARTS) is 1. The Labute approximate surface area is 122 Å². The van der Waals surface area contributed by atoms with Gasteiger partial charge in [0.25, 0.3) is 5.91 Å². The van der Waals surface area contributed by atoms with Crippen LogP contribution in [0.1, 0.15) is 26.3 Å². The van der Waals surface area contributed by atoms with Crippen LogP contribution >= 0.6 is 0 Å². The zero-order chi connectivity index (χ0) is 15.4. The third-order valence-corrected chi connectivity index (χ3v) is 3.07. The number of rotatable bonds is 4. The number of benzene rings is 2. The van der Waals surface area contributed by atoms with Crippen molar-refractivity contribution in [1.82, 2.24) is 0 Å². The van der Waals surface area contributed by atoms with Gasteiger partial charge in [0.15, 0.2) is 0 Å². The van der Waals surface area contributed by atoms with Crippen molar-refractivity contribution in [2.75, 3.05) is 12.4 Å². The number of nitrogens with one attached hydrogen (secondary N) is 1. The van der Waals surface area contributed by atoms with Crippen LogP contribution in [0.15, 0.2) is 42.5 Å². The summed E-state index contributed by atoms with van der Waals surface area (Å²) in [4.78, 5) is 23.5. The Balaban J connectivity index is 2.35. The Morgan fingerprint density at radius 3 is 2.38 bits per heavy atom. The molecule has 0 saturated heterocycles. The first-order chi connectivity index (χ1) is 10.0. The molecule has 0 spiro atoms. The Kier molecular flexibility index (Phi) is 4.23. The number of carboxylic acids is 1.